The minimum absolute atomic E-state index is 0.0572. The Labute approximate surface area is 194 Å². The van der Waals surface area contributed by atoms with Gasteiger partial charge in [0, 0.05) is 36.7 Å². The molecule has 0 bridgehead atoms. The molecule has 3 aromatic carbocycles. The molecule has 5 heteroatoms. The fourth-order valence-corrected chi connectivity index (χ4v) is 5.46. The van der Waals surface area contributed by atoms with E-state index in [0.29, 0.717) is 18.7 Å². The van der Waals surface area contributed by atoms with Gasteiger partial charge in [0.25, 0.3) is 5.91 Å². The first-order valence-corrected chi connectivity index (χ1v) is 11.7. The Hall–Kier alpha value is -3.02. The number of hydrogen-bond acceptors (Lipinski definition) is 3. The summed E-state index contributed by atoms with van der Waals surface area (Å²) in [6.07, 6.45) is 1.87. The molecule has 2 fully saturated rings. The van der Waals surface area contributed by atoms with Crippen LogP contribution < -0.4 is 0 Å². The second-order valence-corrected chi connectivity index (χ2v) is 9.04. The summed E-state index contributed by atoms with van der Waals surface area (Å²) in [7, 11) is 0. The van der Waals surface area contributed by atoms with E-state index in [-0.39, 0.29) is 30.5 Å². The number of amides is 1. The average molecular weight is 445 g/mol. The molecule has 170 valence electrons. The smallest absolute Gasteiger partial charge is 0.254 e. The Morgan fingerprint density at radius 1 is 0.909 bits per heavy atom. The van der Waals surface area contributed by atoms with Gasteiger partial charge in [-0.1, -0.05) is 60.7 Å². The fourth-order valence-electron chi connectivity index (χ4n) is 5.46. The number of nitrogens with zero attached hydrogens (tertiary/aromatic N) is 2. The van der Waals surface area contributed by atoms with Crippen molar-refractivity contribution in [3.8, 4) is 11.1 Å². The number of hydrogen-bond donors (Lipinski definition) is 1. The third-order valence-electron chi connectivity index (χ3n) is 7.13. The van der Waals surface area contributed by atoms with Crippen molar-refractivity contribution in [1.29, 1.82) is 0 Å². The van der Waals surface area contributed by atoms with Gasteiger partial charge in [-0.05, 0) is 54.3 Å². The molecule has 0 unspecified atom stereocenters. The number of rotatable bonds is 4. The van der Waals surface area contributed by atoms with Crippen LogP contribution in [0.5, 0.6) is 0 Å². The quantitative estimate of drug-likeness (QED) is 0.642. The molecule has 2 heterocycles. The summed E-state index contributed by atoms with van der Waals surface area (Å²) in [5.41, 5.74) is 3.92. The lowest BCUT2D eigenvalue weighted by molar-refractivity contribution is -0.0606. The Morgan fingerprint density at radius 3 is 2.36 bits per heavy atom. The van der Waals surface area contributed by atoms with Crippen molar-refractivity contribution in [2.24, 2.45) is 0 Å². The summed E-state index contributed by atoms with van der Waals surface area (Å²) in [5, 5.41) is 10.2. The molecule has 2 aliphatic heterocycles. The van der Waals surface area contributed by atoms with Crippen LogP contribution in [0.2, 0.25) is 0 Å². The molecule has 3 aromatic rings. The fraction of sp³-hybridized carbons (Fsp3) is 0.321. The molecule has 0 saturated carbocycles. The van der Waals surface area contributed by atoms with E-state index in [1.807, 2.05) is 23.1 Å². The van der Waals surface area contributed by atoms with Crippen LogP contribution in [0.4, 0.5) is 4.39 Å². The summed E-state index contributed by atoms with van der Waals surface area (Å²) in [6, 6.07) is 25.0. The van der Waals surface area contributed by atoms with Crippen LogP contribution >= 0.6 is 0 Å². The molecule has 2 saturated heterocycles. The van der Waals surface area contributed by atoms with Crippen molar-refractivity contribution >= 4 is 5.91 Å². The standard InChI is InChI=1S/C28H29FN2O2/c29-24-10-6-9-23(17-24)28(33)30-15-4-5-16-31-25(18-30)27(26(31)19-32)22-13-11-21(12-14-22)20-7-2-1-3-8-20/h1-3,6-14,17,25-27,32H,4-5,15-16,18-19H2/t25-,26+,27+/m1/s1. The van der Waals surface area contributed by atoms with E-state index in [2.05, 4.69) is 41.3 Å². The zero-order valence-corrected chi connectivity index (χ0v) is 18.6. The van der Waals surface area contributed by atoms with Gasteiger partial charge in [0.15, 0.2) is 0 Å². The van der Waals surface area contributed by atoms with Crippen LogP contribution in [0.3, 0.4) is 0 Å². The van der Waals surface area contributed by atoms with E-state index < -0.39 is 5.82 Å². The van der Waals surface area contributed by atoms with Gasteiger partial charge < -0.3 is 10.0 Å². The third kappa shape index (κ3) is 4.31. The topological polar surface area (TPSA) is 43.8 Å². The summed E-state index contributed by atoms with van der Waals surface area (Å²) >= 11 is 0. The van der Waals surface area contributed by atoms with Crippen molar-refractivity contribution in [1.82, 2.24) is 9.80 Å². The van der Waals surface area contributed by atoms with Gasteiger partial charge in [0.1, 0.15) is 5.82 Å². The highest BCUT2D eigenvalue weighted by molar-refractivity contribution is 5.94. The first-order chi connectivity index (χ1) is 16.2. The minimum Gasteiger partial charge on any atom is -0.395 e. The molecule has 0 aromatic heterocycles. The second-order valence-electron chi connectivity index (χ2n) is 9.04. The lowest BCUT2D eigenvalue weighted by Gasteiger charge is -2.57. The van der Waals surface area contributed by atoms with Crippen molar-refractivity contribution in [2.45, 2.75) is 30.8 Å². The molecular formula is C28H29FN2O2. The largest absolute Gasteiger partial charge is 0.395 e. The van der Waals surface area contributed by atoms with Crippen molar-refractivity contribution in [2.75, 3.05) is 26.2 Å². The van der Waals surface area contributed by atoms with Gasteiger partial charge in [0.2, 0.25) is 0 Å². The number of aliphatic hydroxyl groups excluding tert-OH is 1. The molecule has 0 aliphatic carbocycles. The molecule has 1 amide bonds. The average Bonchev–Trinajstić information content (AvgIpc) is 2.83. The third-order valence-corrected chi connectivity index (χ3v) is 7.13. The van der Waals surface area contributed by atoms with Crippen LogP contribution in [0.1, 0.15) is 34.7 Å². The van der Waals surface area contributed by atoms with E-state index in [1.54, 1.807) is 12.1 Å². The Kier molecular flexibility index (Phi) is 6.25. The first-order valence-electron chi connectivity index (χ1n) is 11.7. The first kappa shape index (κ1) is 21.8. The van der Waals surface area contributed by atoms with Crippen LogP contribution in [0, 0.1) is 5.82 Å². The van der Waals surface area contributed by atoms with E-state index in [0.717, 1.165) is 24.9 Å². The number of fused-ring (bicyclic) bond motifs is 1. The van der Waals surface area contributed by atoms with Crippen molar-refractivity contribution in [3.63, 3.8) is 0 Å². The minimum atomic E-state index is -0.394. The lowest BCUT2D eigenvalue weighted by atomic mass is 9.74. The number of benzene rings is 3. The van der Waals surface area contributed by atoms with Gasteiger partial charge in [-0.2, -0.15) is 0 Å². The molecular weight excluding hydrogens is 415 g/mol. The highest BCUT2D eigenvalue weighted by Crippen LogP contribution is 2.42. The van der Waals surface area contributed by atoms with Gasteiger partial charge in [0.05, 0.1) is 6.61 Å². The number of carbonyl (C=O) groups excluding carboxylic acids is 1. The molecule has 33 heavy (non-hydrogen) atoms. The van der Waals surface area contributed by atoms with Crippen LogP contribution in [0.25, 0.3) is 11.1 Å². The molecule has 2 aliphatic rings. The number of aliphatic hydroxyl groups is 1. The zero-order valence-electron chi connectivity index (χ0n) is 18.6. The van der Waals surface area contributed by atoms with Gasteiger partial charge in [-0.15, -0.1) is 0 Å². The predicted molar refractivity (Wildman–Crippen MR) is 128 cm³/mol. The maximum atomic E-state index is 13.7. The van der Waals surface area contributed by atoms with Crippen LogP contribution in [0.15, 0.2) is 78.9 Å². The summed E-state index contributed by atoms with van der Waals surface area (Å²) < 4.78 is 13.7. The lowest BCUT2D eigenvalue weighted by Crippen LogP contribution is -2.67. The maximum absolute atomic E-state index is 13.7. The van der Waals surface area contributed by atoms with E-state index >= 15 is 0 Å². The van der Waals surface area contributed by atoms with Crippen molar-refractivity contribution in [3.05, 3.63) is 95.8 Å². The van der Waals surface area contributed by atoms with Gasteiger partial charge >= 0.3 is 0 Å². The molecule has 1 N–H and O–H groups in total. The highest BCUT2D eigenvalue weighted by atomic mass is 19.1. The predicted octanol–water partition coefficient (Wildman–Crippen LogP) is 4.56. The molecule has 0 spiro atoms. The Bertz CT molecular complexity index is 1100. The van der Waals surface area contributed by atoms with Gasteiger partial charge in [-0.25, -0.2) is 4.39 Å². The molecule has 3 atom stereocenters. The normalized spacial score (nSPS) is 23.2. The van der Waals surface area contributed by atoms with E-state index in [4.69, 9.17) is 0 Å². The van der Waals surface area contributed by atoms with Crippen LogP contribution in [-0.4, -0.2) is 59.1 Å². The van der Waals surface area contributed by atoms with Crippen LogP contribution in [-0.2, 0) is 0 Å². The van der Waals surface area contributed by atoms with E-state index in [9.17, 15) is 14.3 Å². The molecule has 0 radical (unpaired) electrons. The monoisotopic (exact) mass is 444 g/mol. The van der Waals surface area contributed by atoms with Gasteiger partial charge in [-0.3, -0.25) is 9.69 Å². The summed E-state index contributed by atoms with van der Waals surface area (Å²) in [4.78, 5) is 17.4. The SMILES string of the molecule is O=C(c1cccc(F)c1)N1CCCCN2[C@H](C1)[C@H](c1ccc(-c3ccccc3)cc1)[C@@H]2CO. The molecule has 5 rings (SSSR count). The molecule has 4 nitrogen and oxygen atoms in total. The highest BCUT2D eigenvalue weighted by Gasteiger charge is 2.49. The Balaban J connectivity index is 1.39. The summed E-state index contributed by atoms with van der Waals surface area (Å²) in [5.74, 6) is -0.363. The Morgan fingerprint density at radius 2 is 1.64 bits per heavy atom. The number of halogens is 1. The zero-order chi connectivity index (χ0) is 22.8. The maximum Gasteiger partial charge on any atom is 0.254 e. The summed E-state index contributed by atoms with van der Waals surface area (Å²) in [6.45, 7) is 2.27. The second kappa shape index (κ2) is 9.46. The number of carbonyl (C=O) groups is 1. The van der Waals surface area contributed by atoms with E-state index in [1.165, 1.54) is 23.3 Å². The van der Waals surface area contributed by atoms with Crippen molar-refractivity contribution < 1.29 is 14.3 Å².